The van der Waals surface area contributed by atoms with Gasteiger partial charge in [0, 0.05) is 45.5 Å². The molecule has 0 spiro atoms. The quantitative estimate of drug-likeness (QED) is 0.853. The van der Waals surface area contributed by atoms with E-state index in [0.717, 1.165) is 44.7 Å². The van der Waals surface area contributed by atoms with E-state index in [-0.39, 0.29) is 11.9 Å². The van der Waals surface area contributed by atoms with Crippen LogP contribution in [-0.2, 0) is 11.2 Å². The zero-order valence-electron chi connectivity index (χ0n) is 14.8. The first-order chi connectivity index (χ1) is 12.2. The number of carbonyl (C=O) groups is 2. The minimum atomic E-state index is -0.0927. The summed E-state index contributed by atoms with van der Waals surface area (Å²) in [5.74, 6) is 1.10. The molecule has 2 unspecified atom stereocenters. The van der Waals surface area contributed by atoms with Crippen molar-refractivity contribution in [2.75, 3.05) is 39.9 Å². The molecule has 2 fully saturated rings. The number of ether oxygens (including phenoxy) is 1. The zero-order chi connectivity index (χ0) is 17.6. The minimum absolute atomic E-state index is 0.0175. The molecule has 0 saturated carbocycles. The van der Waals surface area contributed by atoms with Gasteiger partial charge >= 0.3 is 6.03 Å². The molecule has 2 N–H and O–H groups in total. The van der Waals surface area contributed by atoms with Crippen molar-refractivity contribution in [1.82, 2.24) is 15.5 Å². The monoisotopic (exact) mass is 345 g/mol. The van der Waals surface area contributed by atoms with E-state index in [9.17, 15) is 9.59 Å². The van der Waals surface area contributed by atoms with Crippen molar-refractivity contribution >= 4 is 11.9 Å². The van der Waals surface area contributed by atoms with Crippen LogP contribution in [-0.4, -0.2) is 56.7 Å². The number of urea groups is 1. The topological polar surface area (TPSA) is 70.7 Å². The minimum Gasteiger partial charge on any atom is -0.381 e. The van der Waals surface area contributed by atoms with E-state index >= 15 is 0 Å². The molecule has 0 bridgehead atoms. The van der Waals surface area contributed by atoms with Crippen molar-refractivity contribution in [2.45, 2.75) is 19.3 Å². The second kappa shape index (κ2) is 8.34. The van der Waals surface area contributed by atoms with Crippen molar-refractivity contribution in [2.24, 2.45) is 11.8 Å². The van der Waals surface area contributed by atoms with Gasteiger partial charge in [0.2, 0.25) is 0 Å². The average Bonchev–Trinajstić information content (AvgIpc) is 3.32. The van der Waals surface area contributed by atoms with E-state index in [2.05, 4.69) is 10.6 Å². The third-order valence-electron chi connectivity index (χ3n) is 5.25. The lowest BCUT2D eigenvalue weighted by Gasteiger charge is -2.19. The highest BCUT2D eigenvalue weighted by Crippen LogP contribution is 2.29. The Kier molecular flexibility index (Phi) is 5.91. The third kappa shape index (κ3) is 4.51. The average molecular weight is 345 g/mol. The first-order valence-electron chi connectivity index (χ1n) is 9.09. The van der Waals surface area contributed by atoms with Crippen molar-refractivity contribution in [1.29, 1.82) is 0 Å². The smallest absolute Gasteiger partial charge is 0.317 e. The Morgan fingerprint density at radius 2 is 2.16 bits per heavy atom. The van der Waals surface area contributed by atoms with Crippen LogP contribution in [0.5, 0.6) is 0 Å². The maximum atomic E-state index is 12.3. The molecule has 1 aromatic rings. The van der Waals surface area contributed by atoms with Crippen LogP contribution in [0.2, 0.25) is 0 Å². The van der Waals surface area contributed by atoms with Crippen LogP contribution in [0.15, 0.2) is 24.3 Å². The normalized spacial score (nSPS) is 22.8. The van der Waals surface area contributed by atoms with Crippen molar-refractivity contribution in [3.05, 3.63) is 35.4 Å². The molecule has 0 radical (unpaired) electrons. The lowest BCUT2D eigenvalue weighted by molar-refractivity contribution is 0.0963. The second-order valence-corrected chi connectivity index (χ2v) is 6.88. The number of benzene rings is 1. The van der Waals surface area contributed by atoms with Crippen LogP contribution < -0.4 is 10.6 Å². The van der Waals surface area contributed by atoms with E-state index in [4.69, 9.17) is 4.74 Å². The number of likely N-dealkylation sites (tertiary alicyclic amines) is 1. The first kappa shape index (κ1) is 17.7. The Labute approximate surface area is 148 Å². The molecule has 2 saturated heterocycles. The fourth-order valence-corrected chi connectivity index (χ4v) is 3.72. The molecule has 6 heteroatoms. The van der Waals surface area contributed by atoms with E-state index < -0.39 is 0 Å². The Morgan fingerprint density at radius 3 is 2.92 bits per heavy atom. The number of nitrogens with zero attached hydrogens (tertiary/aromatic N) is 1. The van der Waals surface area contributed by atoms with Crippen molar-refractivity contribution < 1.29 is 14.3 Å². The predicted molar refractivity (Wildman–Crippen MR) is 95.5 cm³/mol. The summed E-state index contributed by atoms with van der Waals surface area (Å²) in [5, 5.41) is 5.62. The molecule has 25 heavy (non-hydrogen) atoms. The molecular formula is C19H27N3O3. The lowest BCUT2D eigenvalue weighted by Crippen LogP contribution is -2.39. The summed E-state index contributed by atoms with van der Waals surface area (Å²) in [6, 6.07) is 7.53. The van der Waals surface area contributed by atoms with E-state index in [0.29, 0.717) is 30.4 Å². The number of carbonyl (C=O) groups excluding carboxylic acids is 2. The summed E-state index contributed by atoms with van der Waals surface area (Å²) in [5.41, 5.74) is 1.69. The molecule has 1 aromatic carbocycles. The number of hydrogen-bond acceptors (Lipinski definition) is 3. The highest BCUT2D eigenvalue weighted by atomic mass is 16.5. The number of hydrogen-bond donors (Lipinski definition) is 2. The largest absolute Gasteiger partial charge is 0.381 e. The molecule has 0 aliphatic carbocycles. The number of nitrogens with one attached hydrogen (secondary N) is 2. The predicted octanol–water partition coefficient (Wildman–Crippen LogP) is 1.66. The van der Waals surface area contributed by atoms with Crippen LogP contribution in [0.1, 0.15) is 28.8 Å². The van der Waals surface area contributed by atoms with Crippen LogP contribution in [0.25, 0.3) is 0 Å². The summed E-state index contributed by atoms with van der Waals surface area (Å²) in [6.07, 6.45) is 2.92. The highest BCUT2D eigenvalue weighted by molar-refractivity contribution is 5.94. The fraction of sp³-hybridized carbons (Fsp3) is 0.579. The summed E-state index contributed by atoms with van der Waals surface area (Å²) in [6.45, 7) is 3.96. The van der Waals surface area contributed by atoms with Gasteiger partial charge in [0.25, 0.3) is 5.91 Å². The molecule has 2 heterocycles. The second-order valence-electron chi connectivity index (χ2n) is 6.88. The van der Waals surface area contributed by atoms with Crippen LogP contribution in [0.4, 0.5) is 4.79 Å². The van der Waals surface area contributed by atoms with Gasteiger partial charge in [-0.05, 0) is 48.8 Å². The van der Waals surface area contributed by atoms with E-state index in [1.54, 1.807) is 13.1 Å². The highest BCUT2D eigenvalue weighted by Gasteiger charge is 2.33. The Hall–Kier alpha value is -2.08. The van der Waals surface area contributed by atoms with Gasteiger partial charge in [0.15, 0.2) is 0 Å². The molecule has 6 nitrogen and oxygen atoms in total. The summed E-state index contributed by atoms with van der Waals surface area (Å²) >= 11 is 0. The maximum Gasteiger partial charge on any atom is 0.317 e. The van der Waals surface area contributed by atoms with E-state index in [1.807, 2.05) is 23.1 Å². The van der Waals surface area contributed by atoms with Gasteiger partial charge in [-0.2, -0.15) is 0 Å². The van der Waals surface area contributed by atoms with Crippen LogP contribution >= 0.6 is 0 Å². The summed E-state index contributed by atoms with van der Waals surface area (Å²) in [7, 11) is 1.62. The van der Waals surface area contributed by atoms with Crippen LogP contribution in [0, 0.1) is 11.8 Å². The number of rotatable bonds is 5. The van der Waals surface area contributed by atoms with Gasteiger partial charge in [0.1, 0.15) is 0 Å². The molecule has 2 atom stereocenters. The van der Waals surface area contributed by atoms with Gasteiger partial charge < -0.3 is 20.3 Å². The van der Waals surface area contributed by atoms with Gasteiger partial charge in [-0.3, -0.25) is 4.79 Å². The maximum absolute atomic E-state index is 12.3. The zero-order valence-corrected chi connectivity index (χ0v) is 14.8. The lowest BCUT2D eigenvalue weighted by atomic mass is 9.91. The molecule has 2 aliphatic rings. The Bertz CT molecular complexity index is 614. The number of amides is 3. The first-order valence-corrected chi connectivity index (χ1v) is 9.09. The van der Waals surface area contributed by atoms with Gasteiger partial charge in [-0.15, -0.1) is 0 Å². The van der Waals surface area contributed by atoms with Crippen molar-refractivity contribution in [3.63, 3.8) is 0 Å². The van der Waals surface area contributed by atoms with Gasteiger partial charge in [0.05, 0.1) is 0 Å². The SMILES string of the molecule is CNC(=O)c1cccc(CCNC(=O)N2CCC(C3CCOC3)C2)c1. The summed E-state index contributed by atoms with van der Waals surface area (Å²) in [4.78, 5) is 25.9. The summed E-state index contributed by atoms with van der Waals surface area (Å²) < 4.78 is 5.47. The standard InChI is InChI=1S/C19H27N3O3/c1-20-18(23)15-4-2-3-14(11-15)5-8-21-19(24)22-9-6-16(12-22)17-7-10-25-13-17/h2-4,11,16-17H,5-10,12-13H2,1H3,(H,20,23)(H,21,24). The third-order valence-corrected chi connectivity index (χ3v) is 5.25. The molecule has 136 valence electrons. The van der Waals surface area contributed by atoms with E-state index in [1.165, 1.54) is 0 Å². The Morgan fingerprint density at radius 1 is 1.28 bits per heavy atom. The van der Waals surface area contributed by atoms with Gasteiger partial charge in [-0.25, -0.2) is 4.79 Å². The molecule has 3 rings (SSSR count). The van der Waals surface area contributed by atoms with Crippen molar-refractivity contribution in [3.8, 4) is 0 Å². The molecule has 3 amide bonds. The molecular weight excluding hydrogens is 318 g/mol. The fourth-order valence-electron chi connectivity index (χ4n) is 3.72. The molecule has 0 aromatic heterocycles. The Balaban J connectivity index is 1.43. The van der Waals surface area contributed by atoms with Gasteiger partial charge in [-0.1, -0.05) is 12.1 Å². The molecule has 2 aliphatic heterocycles. The van der Waals surface area contributed by atoms with Crippen LogP contribution in [0.3, 0.4) is 0 Å².